The lowest BCUT2D eigenvalue weighted by Crippen LogP contribution is -2.22. The van der Waals surface area contributed by atoms with Gasteiger partial charge in [0.15, 0.2) is 11.5 Å². The number of carbonyl (C=O) groups excluding carboxylic acids is 1. The smallest absolute Gasteiger partial charge is 0.255 e. The van der Waals surface area contributed by atoms with E-state index < -0.39 is 15.9 Å². The van der Waals surface area contributed by atoms with Gasteiger partial charge in [0.1, 0.15) is 5.75 Å². The molecule has 1 amide bonds. The first kappa shape index (κ1) is 22.5. The summed E-state index contributed by atoms with van der Waals surface area (Å²) >= 11 is 0. The number of nitrogens with zero attached hydrogens (tertiary/aromatic N) is 1. The van der Waals surface area contributed by atoms with Crippen molar-refractivity contribution in [3.05, 3.63) is 42.0 Å². The van der Waals surface area contributed by atoms with Crippen LogP contribution in [0.1, 0.15) is 23.7 Å². The van der Waals surface area contributed by atoms with Gasteiger partial charge in [0.25, 0.3) is 5.91 Å². The predicted octanol–water partition coefficient (Wildman–Crippen LogP) is 3.00. The van der Waals surface area contributed by atoms with E-state index in [0.29, 0.717) is 29.4 Å². The van der Waals surface area contributed by atoms with E-state index in [4.69, 9.17) is 14.2 Å². The highest BCUT2D eigenvalue weighted by Gasteiger charge is 2.20. The number of methoxy groups -OCH3 is 2. The van der Waals surface area contributed by atoms with Gasteiger partial charge in [-0.2, -0.15) is 0 Å². The van der Waals surface area contributed by atoms with Gasteiger partial charge in [-0.25, -0.2) is 12.7 Å². The normalized spacial score (nSPS) is 11.2. The van der Waals surface area contributed by atoms with Crippen LogP contribution in [0.15, 0.2) is 41.3 Å². The van der Waals surface area contributed by atoms with Crippen molar-refractivity contribution < 1.29 is 27.4 Å². The fourth-order valence-electron chi connectivity index (χ4n) is 2.49. The zero-order chi connectivity index (χ0) is 21.6. The average molecular weight is 423 g/mol. The van der Waals surface area contributed by atoms with Gasteiger partial charge in [-0.3, -0.25) is 4.79 Å². The summed E-state index contributed by atoms with van der Waals surface area (Å²) in [4.78, 5) is 12.8. The molecule has 0 aliphatic rings. The van der Waals surface area contributed by atoms with E-state index in [1.54, 1.807) is 18.2 Å². The van der Waals surface area contributed by atoms with Crippen molar-refractivity contribution in [1.29, 1.82) is 0 Å². The largest absolute Gasteiger partial charge is 0.495 e. The van der Waals surface area contributed by atoms with E-state index >= 15 is 0 Å². The summed E-state index contributed by atoms with van der Waals surface area (Å²) in [5.41, 5.74) is 0.569. The number of amides is 1. The lowest BCUT2D eigenvalue weighted by molar-refractivity contribution is 0.102. The van der Waals surface area contributed by atoms with Crippen molar-refractivity contribution in [2.24, 2.45) is 0 Å². The first-order chi connectivity index (χ1) is 13.7. The summed E-state index contributed by atoms with van der Waals surface area (Å²) in [5.74, 6) is 0.874. The fourth-order valence-corrected chi connectivity index (χ4v) is 3.42. The highest BCUT2D eigenvalue weighted by Crippen LogP contribution is 2.31. The molecule has 0 unspecified atom stereocenters. The summed E-state index contributed by atoms with van der Waals surface area (Å²) in [5, 5.41) is 2.70. The number of carbonyl (C=O) groups is 1. The SMILES string of the molecule is CCCOc1ccc(C(=O)Nc2cc(S(=O)(=O)N(C)C)ccc2OC)cc1OC. The van der Waals surface area contributed by atoms with Crippen molar-refractivity contribution in [3.8, 4) is 17.2 Å². The number of benzene rings is 2. The van der Waals surface area contributed by atoms with Gasteiger partial charge in [0.2, 0.25) is 10.0 Å². The number of anilines is 1. The molecule has 2 aromatic carbocycles. The van der Waals surface area contributed by atoms with Gasteiger partial charge in [-0.1, -0.05) is 6.92 Å². The Morgan fingerprint density at radius 3 is 2.24 bits per heavy atom. The third-order valence-corrected chi connectivity index (χ3v) is 5.90. The van der Waals surface area contributed by atoms with Crippen molar-refractivity contribution >= 4 is 21.6 Å². The summed E-state index contributed by atoms with van der Waals surface area (Å²) in [7, 11) is 2.15. The molecule has 0 spiro atoms. The molecule has 0 bridgehead atoms. The second-order valence-corrected chi connectivity index (χ2v) is 8.47. The molecule has 0 heterocycles. The molecule has 0 aliphatic carbocycles. The summed E-state index contributed by atoms with van der Waals surface area (Å²) in [6.45, 7) is 2.53. The van der Waals surface area contributed by atoms with E-state index in [9.17, 15) is 13.2 Å². The van der Waals surface area contributed by atoms with Crippen LogP contribution < -0.4 is 19.5 Å². The quantitative estimate of drug-likeness (QED) is 0.668. The molecule has 0 atom stereocenters. The van der Waals surface area contributed by atoms with Crippen molar-refractivity contribution in [3.63, 3.8) is 0 Å². The number of sulfonamides is 1. The van der Waals surface area contributed by atoms with Crippen molar-refractivity contribution in [2.45, 2.75) is 18.2 Å². The lowest BCUT2D eigenvalue weighted by atomic mass is 10.1. The van der Waals surface area contributed by atoms with Crippen LogP contribution in [0.25, 0.3) is 0 Å². The predicted molar refractivity (Wildman–Crippen MR) is 111 cm³/mol. The summed E-state index contributed by atoms with van der Waals surface area (Å²) in [6, 6.07) is 9.11. The molecule has 29 heavy (non-hydrogen) atoms. The fraction of sp³-hybridized carbons (Fsp3) is 0.350. The van der Waals surface area contributed by atoms with E-state index in [2.05, 4.69) is 5.32 Å². The van der Waals surface area contributed by atoms with Gasteiger partial charge >= 0.3 is 0 Å². The van der Waals surface area contributed by atoms with Crippen LogP contribution in [0.3, 0.4) is 0 Å². The topological polar surface area (TPSA) is 94.2 Å². The first-order valence-electron chi connectivity index (χ1n) is 8.97. The zero-order valence-electron chi connectivity index (χ0n) is 17.2. The Labute approximate surface area is 171 Å². The maximum Gasteiger partial charge on any atom is 0.255 e. The minimum atomic E-state index is -3.66. The molecular weight excluding hydrogens is 396 g/mol. The van der Waals surface area contributed by atoms with Gasteiger partial charge in [0, 0.05) is 19.7 Å². The minimum Gasteiger partial charge on any atom is -0.495 e. The van der Waals surface area contributed by atoms with Crippen molar-refractivity contribution in [2.75, 3.05) is 40.2 Å². The molecule has 0 saturated carbocycles. The number of ether oxygens (including phenoxy) is 3. The number of rotatable bonds is 9. The summed E-state index contributed by atoms with van der Waals surface area (Å²) in [6.07, 6.45) is 0.845. The van der Waals surface area contributed by atoms with Gasteiger partial charge in [-0.05, 0) is 42.8 Å². The number of nitrogens with one attached hydrogen (secondary N) is 1. The Balaban J connectivity index is 2.34. The second kappa shape index (κ2) is 9.62. The maximum absolute atomic E-state index is 12.7. The van der Waals surface area contributed by atoms with E-state index in [0.717, 1.165) is 10.7 Å². The van der Waals surface area contributed by atoms with Gasteiger partial charge in [-0.15, -0.1) is 0 Å². The van der Waals surface area contributed by atoms with Crippen LogP contribution in [0.2, 0.25) is 0 Å². The number of hydrogen-bond donors (Lipinski definition) is 1. The van der Waals surface area contributed by atoms with Gasteiger partial charge in [0.05, 0.1) is 31.4 Å². The molecule has 8 nitrogen and oxygen atoms in total. The Morgan fingerprint density at radius 2 is 1.66 bits per heavy atom. The minimum absolute atomic E-state index is 0.0412. The molecular formula is C20H26N2O6S. The third-order valence-electron chi connectivity index (χ3n) is 4.09. The number of hydrogen-bond acceptors (Lipinski definition) is 6. The standard InChI is InChI=1S/C20H26N2O6S/c1-6-11-28-18-9-7-14(12-19(18)27-5)20(23)21-16-13-15(8-10-17(16)26-4)29(24,25)22(2)3/h7-10,12-13H,6,11H2,1-5H3,(H,21,23). The molecule has 0 radical (unpaired) electrons. The maximum atomic E-state index is 12.7. The van der Waals surface area contributed by atoms with E-state index in [1.807, 2.05) is 6.92 Å². The molecule has 158 valence electrons. The van der Waals surface area contributed by atoms with Crippen LogP contribution in [0.4, 0.5) is 5.69 Å². The highest BCUT2D eigenvalue weighted by molar-refractivity contribution is 7.89. The Hall–Kier alpha value is -2.78. The van der Waals surface area contributed by atoms with Gasteiger partial charge < -0.3 is 19.5 Å². The molecule has 0 aromatic heterocycles. The van der Waals surface area contributed by atoms with Crippen molar-refractivity contribution in [1.82, 2.24) is 4.31 Å². The van der Waals surface area contributed by atoms with E-state index in [-0.39, 0.29) is 10.6 Å². The van der Waals surface area contributed by atoms with E-state index in [1.165, 1.54) is 46.5 Å². The van der Waals surface area contributed by atoms with Crippen LogP contribution in [-0.2, 0) is 10.0 Å². The second-order valence-electron chi connectivity index (χ2n) is 6.32. The van der Waals surface area contributed by atoms with Crippen LogP contribution in [-0.4, -0.2) is 53.6 Å². The lowest BCUT2D eigenvalue weighted by Gasteiger charge is -2.16. The Morgan fingerprint density at radius 1 is 1.00 bits per heavy atom. The monoisotopic (exact) mass is 422 g/mol. The first-order valence-corrected chi connectivity index (χ1v) is 10.4. The molecule has 2 aromatic rings. The Bertz CT molecular complexity index is 973. The molecule has 0 saturated heterocycles. The average Bonchev–Trinajstić information content (AvgIpc) is 2.71. The molecule has 0 aliphatic heterocycles. The molecule has 1 N–H and O–H groups in total. The summed E-state index contributed by atoms with van der Waals surface area (Å²) < 4.78 is 42.0. The van der Waals surface area contributed by atoms with Crippen LogP contribution >= 0.6 is 0 Å². The van der Waals surface area contributed by atoms with Crippen LogP contribution in [0, 0.1) is 0 Å². The van der Waals surface area contributed by atoms with Crippen LogP contribution in [0.5, 0.6) is 17.2 Å². The Kier molecular flexibility index (Phi) is 7.46. The highest BCUT2D eigenvalue weighted by atomic mass is 32.2. The molecule has 0 fully saturated rings. The zero-order valence-corrected chi connectivity index (χ0v) is 18.0. The third kappa shape index (κ3) is 5.18. The molecule has 9 heteroatoms. The molecule has 2 rings (SSSR count).